The molecule has 0 saturated heterocycles. The van der Waals surface area contributed by atoms with E-state index in [1.807, 2.05) is 6.92 Å². The molecule has 0 radical (unpaired) electrons. The molecule has 138 valence electrons. The zero-order chi connectivity index (χ0) is 18.7. The van der Waals surface area contributed by atoms with Gasteiger partial charge in [-0.25, -0.2) is 4.98 Å². The van der Waals surface area contributed by atoms with E-state index in [1.165, 1.54) is 50.1 Å². The molecule has 0 spiro atoms. The van der Waals surface area contributed by atoms with Gasteiger partial charge in [-0.1, -0.05) is 24.6 Å². The van der Waals surface area contributed by atoms with E-state index in [1.54, 1.807) is 24.3 Å². The third-order valence-corrected chi connectivity index (χ3v) is 5.86. The van der Waals surface area contributed by atoms with Gasteiger partial charge in [0.25, 0.3) is 0 Å². The highest BCUT2D eigenvalue weighted by molar-refractivity contribution is 7.99. The number of ketones is 1. The van der Waals surface area contributed by atoms with Crippen molar-refractivity contribution < 1.29 is 9.59 Å². The second-order valence-corrected chi connectivity index (χ2v) is 7.79. The maximum absolute atomic E-state index is 12.5. The van der Waals surface area contributed by atoms with Gasteiger partial charge in [-0.05, 0) is 51.0 Å². The molecule has 1 fully saturated rings. The van der Waals surface area contributed by atoms with Crippen LogP contribution in [-0.4, -0.2) is 27.0 Å². The molecular weight excluding hydrogens is 346 g/mol. The first-order valence-corrected chi connectivity index (χ1v) is 10.0. The van der Waals surface area contributed by atoms with Crippen LogP contribution in [-0.2, 0) is 4.79 Å². The van der Waals surface area contributed by atoms with Gasteiger partial charge in [0.1, 0.15) is 0 Å². The number of Topliss-reactive ketones (excluding diaryl/α,β-unsaturated/α-hetero) is 1. The van der Waals surface area contributed by atoms with Crippen LogP contribution in [0.1, 0.15) is 60.4 Å². The van der Waals surface area contributed by atoms with Gasteiger partial charge in [0.2, 0.25) is 5.91 Å². The fourth-order valence-corrected chi connectivity index (χ4v) is 4.50. The van der Waals surface area contributed by atoms with Crippen LogP contribution in [0.15, 0.2) is 29.4 Å². The Morgan fingerprint density at radius 3 is 2.46 bits per heavy atom. The molecule has 1 heterocycles. The van der Waals surface area contributed by atoms with Crippen molar-refractivity contribution in [2.24, 2.45) is 0 Å². The minimum absolute atomic E-state index is 0.0700. The maximum Gasteiger partial charge on any atom is 0.221 e. The Morgan fingerprint density at radius 1 is 1.19 bits per heavy atom. The molecule has 2 aromatic rings. The normalized spacial score (nSPS) is 14.6. The Kier molecular flexibility index (Phi) is 5.81. The number of benzene rings is 1. The zero-order valence-corrected chi connectivity index (χ0v) is 16.4. The topological polar surface area (TPSA) is 64.0 Å². The highest BCUT2D eigenvalue weighted by Crippen LogP contribution is 2.35. The van der Waals surface area contributed by atoms with Crippen molar-refractivity contribution in [1.29, 1.82) is 0 Å². The van der Waals surface area contributed by atoms with Crippen molar-refractivity contribution in [2.75, 3.05) is 11.1 Å². The van der Waals surface area contributed by atoms with Crippen molar-refractivity contribution in [3.63, 3.8) is 0 Å². The van der Waals surface area contributed by atoms with Crippen LogP contribution in [0.25, 0.3) is 0 Å². The first-order chi connectivity index (χ1) is 12.5. The number of rotatable bonds is 6. The largest absolute Gasteiger partial charge is 0.326 e. The number of carbonyl (C=O) groups excluding carboxylic acids is 2. The van der Waals surface area contributed by atoms with Gasteiger partial charge in [0.15, 0.2) is 10.9 Å². The van der Waals surface area contributed by atoms with Crippen LogP contribution in [0.2, 0.25) is 0 Å². The monoisotopic (exact) mass is 371 g/mol. The molecule has 0 aliphatic heterocycles. The van der Waals surface area contributed by atoms with Crippen molar-refractivity contribution in [3.8, 4) is 0 Å². The van der Waals surface area contributed by atoms with Crippen LogP contribution in [0.5, 0.6) is 0 Å². The molecule has 26 heavy (non-hydrogen) atoms. The Morgan fingerprint density at radius 2 is 1.85 bits per heavy atom. The molecule has 1 aliphatic carbocycles. The second-order valence-electron chi connectivity index (χ2n) is 6.84. The summed E-state index contributed by atoms with van der Waals surface area (Å²) in [6, 6.07) is 7.55. The molecule has 1 aromatic heterocycles. The van der Waals surface area contributed by atoms with E-state index in [0.29, 0.717) is 23.0 Å². The van der Waals surface area contributed by atoms with E-state index >= 15 is 0 Å². The molecule has 6 heteroatoms. The Hall–Kier alpha value is -2.08. The molecule has 1 aliphatic rings. The van der Waals surface area contributed by atoms with E-state index in [9.17, 15) is 9.59 Å². The number of carbonyl (C=O) groups is 2. The molecule has 1 amide bonds. The third kappa shape index (κ3) is 4.18. The van der Waals surface area contributed by atoms with Gasteiger partial charge in [-0.15, -0.1) is 0 Å². The lowest BCUT2D eigenvalue weighted by Gasteiger charge is -2.16. The fourth-order valence-electron chi connectivity index (χ4n) is 3.45. The van der Waals surface area contributed by atoms with Gasteiger partial charge in [0.05, 0.1) is 11.4 Å². The summed E-state index contributed by atoms with van der Waals surface area (Å²) in [7, 11) is 0. The SMILES string of the molecule is CC(=O)Nc1ccc(C(=O)CSc2nc(C)c(C)n2C2CCCC2)cc1. The average Bonchev–Trinajstić information content (AvgIpc) is 3.21. The van der Waals surface area contributed by atoms with E-state index < -0.39 is 0 Å². The maximum atomic E-state index is 12.5. The molecule has 0 atom stereocenters. The molecule has 0 bridgehead atoms. The highest BCUT2D eigenvalue weighted by Gasteiger charge is 2.23. The Bertz CT molecular complexity index is 805. The van der Waals surface area contributed by atoms with Crippen LogP contribution < -0.4 is 5.32 Å². The van der Waals surface area contributed by atoms with E-state index in [4.69, 9.17) is 4.98 Å². The number of amides is 1. The summed E-state index contributed by atoms with van der Waals surface area (Å²) in [5.41, 5.74) is 3.61. The van der Waals surface area contributed by atoms with Crippen LogP contribution in [0, 0.1) is 13.8 Å². The lowest BCUT2D eigenvalue weighted by molar-refractivity contribution is -0.114. The molecular formula is C20H25N3O2S. The van der Waals surface area contributed by atoms with Crippen molar-refractivity contribution in [1.82, 2.24) is 9.55 Å². The standard InChI is InChI=1S/C20H25N3O2S/c1-13-14(2)23(18-6-4-5-7-18)20(21-13)26-12-19(25)16-8-10-17(11-9-16)22-15(3)24/h8-11,18H,4-7,12H2,1-3H3,(H,22,24). The number of imidazole rings is 1. The van der Waals surface area contributed by atoms with E-state index in [2.05, 4.69) is 16.8 Å². The van der Waals surface area contributed by atoms with Crippen LogP contribution in [0.4, 0.5) is 5.69 Å². The van der Waals surface area contributed by atoms with E-state index in [0.717, 1.165) is 10.9 Å². The molecule has 3 rings (SSSR count). The van der Waals surface area contributed by atoms with Gasteiger partial charge < -0.3 is 9.88 Å². The number of anilines is 1. The predicted molar refractivity (Wildman–Crippen MR) is 105 cm³/mol. The number of thioether (sulfide) groups is 1. The first-order valence-electron chi connectivity index (χ1n) is 9.05. The van der Waals surface area contributed by atoms with E-state index in [-0.39, 0.29) is 11.7 Å². The van der Waals surface area contributed by atoms with Gasteiger partial charge in [-0.3, -0.25) is 9.59 Å². The summed E-state index contributed by atoms with van der Waals surface area (Å²) in [5.74, 6) is 0.312. The van der Waals surface area contributed by atoms with Crippen molar-refractivity contribution in [3.05, 3.63) is 41.2 Å². The molecule has 5 nitrogen and oxygen atoms in total. The molecule has 1 saturated carbocycles. The molecule has 1 N–H and O–H groups in total. The summed E-state index contributed by atoms with van der Waals surface area (Å²) in [5, 5.41) is 3.66. The Balaban J connectivity index is 1.68. The number of aromatic nitrogens is 2. The summed E-state index contributed by atoms with van der Waals surface area (Å²) in [4.78, 5) is 28.3. The number of aryl methyl sites for hydroxylation is 1. The number of hydrogen-bond donors (Lipinski definition) is 1. The number of nitrogens with zero attached hydrogens (tertiary/aromatic N) is 2. The number of hydrogen-bond acceptors (Lipinski definition) is 4. The number of nitrogens with one attached hydrogen (secondary N) is 1. The zero-order valence-electron chi connectivity index (χ0n) is 15.5. The predicted octanol–water partition coefficient (Wildman–Crippen LogP) is 4.55. The second kappa shape index (κ2) is 8.08. The third-order valence-electron chi connectivity index (χ3n) is 4.90. The average molecular weight is 372 g/mol. The lowest BCUT2D eigenvalue weighted by Crippen LogP contribution is -2.10. The summed E-state index contributed by atoms with van der Waals surface area (Å²) in [6.07, 6.45) is 4.93. The van der Waals surface area contributed by atoms with Gasteiger partial charge in [-0.2, -0.15) is 0 Å². The minimum atomic E-state index is -0.121. The van der Waals surface area contributed by atoms with Crippen molar-refractivity contribution >= 4 is 29.1 Å². The molecule has 1 aromatic carbocycles. The quantitative estimate of drug-likeness (QED) is 0.598. The van der Waals surface area contributed by atoms with Crippen LogP contribution >= 0.6 is 11.8 Å². The summed E-state index contributed by atoms with van der Waals surface area (Å²) >= 11 is 1.52. The minimum Gasteiger partial charge on any atom is -0.326 e. The van der Waals surface area contributed by atoms with Gasteiger partial charge >= 0.3 is 0 Å². The summed E-state index contributed by atoms with van der Waals surface area (Å²) < 4.78 is 2.33. The van der Waals surface area contributed by atoms with Crippen molar-refractivity contribution in [2.45, 2.75) is 57.7 Å². The summed E-state index contributed by atoms with van der Waals surface area (Å²) in [6.45, 7) is 5.62. The Labute approximate surface area is 158 Å². The lowest BCUT2D eigenvalue weighted by atomic mass is 10.1. The smallest absolute Gasteiger partial charge is 0.221 e. The van der Waals surface area contributed by atoms with Crippen LogP contribution in [0.3, 0.4) is 0 Å². The fraction of sp³-hybridized carbons (Fsp3) is 0.450. The first kappa shape index (κ1) is 18.7. The molecule has 0 unspecified atom stereocenters. The van der Waals surface area contributed by atoms with Gasteiger partial charge in [0, 0.05) is 29.9 Å². The highest BCUT2D eigenvalue weighted by atomic mass is 32.2.